The molecule has 30 heavy (non-hydrogen) atoms. The predicted molar refractivity (Wildman–Crippen MR) is 106 cm³/mol. The molecule has 0 unspecified atom stereocenters. The van der Waals surface area contributed by atoms with Crippen molar-refractivity contribution < 1.29 is 18.1 Å². The lowest BCUT2D eigenvalue weighted by Gasteiger charge is -2.44. The van der Waals surface area contributed by atoms with Crippen LogP contribution in [0.15, 0.2) is 35.1 Å². The van der Waals surface area contributed by atoms with Crippen LogP contribution in [0.25, 0.3) is 11.3 Å². The summed E-state index contributed by atoms with van der Waals surface area (Å²) in [4.78, 5) is 24.1. The second kappa shape index (κ2) is 7.81. The van der Waals surface area contributed by atoms with E-state index in [0.29, 0.717) is 30.1 Å². The highest BCUT2D eigenvalue weighted by Gasteiger charge is 2.35. The van der Waals surface area contributed by atoms with Gasteiger partial charge in [0.2, 0.25) is 5.91 Å². The largest absolute Gasteiger partial charge is 0.361 e. The van der Waals surface area contributed by atoms with Crippen molar-refractivity contribution in [3.63, 3.8) is 0 Å². The number of amides is 1. The van der Waals surface area contributed by atoms with Gasteiger partial charge in [0.05, 0.1) is 18.2 Å². The molecule has 0 saturated carbocycles. The highest BCUT2D eigenvalue weighted by atomic mass is 19.1. The quantitative estimate of drug-likeness (QED) is 0.640. The molecule has 3 aromatic rings. The molecule has 9 heteroatoms. The molecule has 0 spiro atoms. The summed E-state index contributed by atoms with van der Waals surface area (Å²) in [5, 5.41) is 3.88. The Morgan fingerprint density at radius 1 is 1.20 bits per heavy atom. The average Bonchev–Trinajstić information content (AvgIpc) is 3.01. The van der Waals surface area contributed by atoms with Gasteiger partial charge in [-0.25, -0.2) is 18.7 Å². The molecule has 0 atom stereocenters. The first kappa shape index (κ1) is 19.9. The van der Waals surface area contributed by atoms with Crippen LogP contribution in [0.5, 0.6) is 0 Å². The number of benzene rings is 1. The highest BCUT2D eigenvalue weighted by molar-refractivity contribution is 5.79. The number of hydrogen-bond acceptors (Lipinski definition) is 6. The van der Waals surface area contributed by atoms with Gasteiger partial charge < -0.3 is 14.3 Å². The zero-order chi connectivity index (χ0) is 21.4. The molecule has 7 nitrogen and oxygen atoms in total. The molecular formula is C21H21F2N5O2. The normalized spacial score (nSPS) is 14.0. The van der Waals surface area contributed by atoms with E-state index in [0.717, 1.165) is 5.56 Å². The molecule has 1 fully saturated rings. The number of halogens is 2. The van der Waals surface area contributed by atoms with Crippen molar-refractivity contribution in [2.75, 3.05) is 25.0 Å². The Labute approximate surface area is 172 Å². The number of likely N-dealkylation sites (N-methyl/N-ethyl adjacent to an activating group) is 1. The van der Waals surface area contributed by atoms with E-state index in [-0.39, 0.29) is 29.9 Å². The molecule has 1 aromatic carbocycles. The van der Waals surface area contributed by atoms with Crippen LogP contribution < -0.4 is 4.90 Å². The van der Waals surface area contributed by atoms with E-state index in [1.807, 2.05) is 0 Å². The van der Waals surface area contributed by atoms with Crippen molar-refractivity contribution in [3.8, 4) is 11.3 Å². The number of aryl methyl sites for hydroxylation is 2. The van der Waals surface area contributed by atoms with Crippen LogP contribution in [-0.2, 0) is 11.2 Å². The number of aromatic nitrogens is 3. The van der Waals surface area contributed by atoms with Crippen molar-refractivity contribution in [2.24, 2.45) is 0 Å². The molecule has 3 heterocycles. The molecule has 0 aliphatic carbocycles. The minimum absolute atomic E-state index is 0.0517. The maximum atomic E-state index is 15.0. The SMILES string of the molecule is Cc1noc(C)c1CC(=O)N(C)C1CN(c2ncnc(-c3ccc(F)cc3)c2F)C1. The number of nitrogens with zero attached hydrogens (tertiary/aromatic N) is 5. The molecular weight excluding hydrogens is 392 g/mol. The molecule has 1 aliphatic heterocycles. The van der Waals surface area contributed by atoms with Gasteiger partial charge in [0.1, 0.15) is 23.6 Å². The predicted octanol–water partition coefficient (Wildman–Crippen LogP) is 2.92. The van der Waals surface area contributed by atoms with Crippen LogP contribution in [0, 0.1) is 25.5 Å². The summed E-state index contributed by atoms with van der Waals surface area (Å²) in [7, 11) is 1.74. The van der Waals surface area contributed by atoms with Crippen LogP contribution in [0.3, 0.4) is 0 Å². The van der Waals surface area contributed by atoms with Crippen molar-refractivity contribution >= 4 is 11.7 Å². The van der Waals surface area contributed by atoms with Crippen LogP contribution in [0.4, 0.5) is 14.6 Å². The summed E-state index contributed by atoms with van der Waals surface area (Å²) in [6.07, 6.45) is 1.50. The molecule has 156 valence electrons. The molecule has 0 N–H and O–H groups in total. The lowest BCUT2D eigenvalue weighted by Crippen LogP contribution is -2.60. The summed E-state index contributed by atoms with van der Waals surface area (Å²) in [6, 6.07) is 5.42. The number of anilines is 1. The monoisotopic (exact) mass is 413 g/mol. The molecule has 0 radical (unpaired) electrons. The van der Waals surface area contributed by atoms with Gasteiger partial charge in [0.15, 0.2) is 11.6 Å². The standard InChI is InChI=1S/C21H21F2N5O2/c1-12-17(13(2)30-26-12)8-18(29)27(3)16-9-28(10-16)21-19(23)20(24-11-25-21)14-4-6-15(22)7-5-14/h4-7,11,16H,8-10H2,1-3H3. The minimum Gasteiger partial charge on any atom is -0.361 e. The zero-order valence-corrected chi connectivity index (χ0v) is 16.9. The maximum Gasteiger partial charge on any atom is 0.227 e. The molecule has 1 saturated heterocycles. The summed E-state index contributed by atoms with van der Waals surface area (Å²) in [5.41, 5.74) is 2.10. The Kier molecular flexibility index (Phi) is 5.19. The van der Waals surface area contributed by atoms with E-state index in [9.17, 15) is 13.6 Å². The number of carbonyl (C=O) groups is 1. The van der Waals surface area contributed by atoms with Gasteiger partial charge in [-0.3, -0.25) is 4.79 Å². The lowest BCUT2D eigenvalue weighted by molar-refractivity contribution is -0.131. The first-order valence-corrected chi connectivity index (χ1v) is 9.54. The van der Waals surface area contributed by atoms with Crippen LogP contribution >= 0.6 is 0 Å². The second-order valence-corrected chi connectivity index (χ2v) is 7.41. The van der Waals surface area contributed by atoms with Crippen LogP contribution in [-0.4, -0.2) is 52.1 Å². The van der Waals surface area contributed by atoms with E-state index in [4.69, 9.17) is 4.52 Å². The van der Waals surface area contributed by atoms with E-state index >= 15 is 0 Å². The number of carbonyl (C=O) groups excluding carboxylic acids is 1. The lowest BCUT2D eigenvalue weighted by atomic mass is 10.0. The summed E-state index contributed by atoms with van der Waals surface area (Å²) < 4.78 is 33.3. The van der Waals surface area contributed by atoms with Gasteiger partial charge >= 0.3 is 0 Å². The fourth-order valence-corrected chi connectivity index (χ4v) is 3.50. The molecule has 4 rings (SSSR count). The number of rotatable bonds is 5. The molecule has 1 aliphatic rings. The third-order valence-corrected chi connectivity index (χ3v) is 5.50. The van der Waals surface area contributed by atoms with E-state index in [2.05, 4.69) is 15.1 Å². The summed E-state index contributed by atoms with van der Waals surface area (Å²) in [6.45, 7) is 4.51. The number of hydrogen-bond donors (Lipinski definition) is 0. The van der Waals surface area contributed by atoms with Gasteiger partial charge in [-0.05, 0) is 38.1 Å². The van der Waals surface area contributed by atoms with Crippen molar-refractivity contribution in [1.82, 2.24) is 20.0 Å². The maximum absolute atomic E-state index is 15.0. The Morgan fingerprint density at radius 3 is 2.53 bits per heavy atom. The van der Waals surface area contributed by atoms with Gasteiger partial charge in [-0.1, -0.05) is 5.16 Å². The van der Waals surface area contributed by atoms with E-state index < -0.39 is 11.6 Å². The topological polar surface area (TPSA) is 75.4 Å². The minimum atomic E-state index is -0.563. The zero-order valence-electron chi connectivity index (χ0n) is 16.9. The van der Waals surface area contributed by atoms with Crippen molar-refractivity contribution in [2.45, 2.75) is 26.3 Å². The van der Waals surface area contributed by atoms with Crippen molar-refractivity contribution in [1.29, 1.82) is 0 Å². The Hall–Kier alpha value is -3.36. The first-order valence-electron chi connectivity index (χ1n) is 9.54. The van der Waals surface area contributed by atoms with Gasteiger partial charge in [0.25, 0.3) is 0 Å². The van der Waals surface area contributed by atoms with E-state index in [1.54, 1.807) is 30.7 Å². The van der Waals surface area contributed by atoms with E-state index in [1.165, 1.54) is 30.6 Å². The van der Waals surface area contributed by atoms with Gasteiger partial charge in [-0.2, -0.15) is 0 Å². The Bertz CT molecular complexity index is 1060. The van der Waals surface area contributed by atoms with Gasteiger partial charge in [-0.15, -0.1) is 0 Å². The van der Waals surface area contributed by atoms with Gasteiger partial charge in [0, 0.05) is 31.3 Å². The highest BCUT2D eigenvalue weighted by Crippen LogP contribution is 2.30. The molecule has 0 bridgehead atoms. The Morgan fingerprint density at radius 2 is 1.90 bits per heavy atom. The average molecular weight is 413 g/mol. The van der Waals surface area contributed by atoms with Crippen LogP contribution in [0.2, 0.25) is 0 Å². The smallest absolute Gasteiger partial charge is 0.227 e. The first-order chi connectivity index (χ1) is 14.3. The fraction of sp³-hybridized carbons (Fsp3) is 0.333. The molecule has 2 aromatic heterocycles. The summed E-state index contributed by atoms with van der Waals surface area (Å²) in [5.74, 6) is -0.201. The fourth-order valence-electron chi connectivity index (χ4n) is 3.50. The van der Waals surface area contributed by atoms with Crippen molar-refractivity contribution in [3.05, 3.63) is 59.2 Å². The molecule has 1 amide bonds. The van der Waals surface area contributed by atoms with Crippen LogP contribution in [0.1, 0.15) is 17.0 Å². The Balaban J connectivity index is 1.43. The third kappa shape index (κ3) is 3.62. The summed E-state index contributed by atoms with van der Waals surface area (Å²) >= 11 is 0. The third-order valence-electron chi connectivity index (χ3n) is 5.50. The second-order valence-electron chi connectivity index (χ2n) is 7.41.